The Morgan fingerprint density at radius 2 is 1.86 bits per heavy atom. The highest BCUT2D eigenvalue weighted by molar-refractivity contribution is 7.89. The molecule has 0 spiro atoms. The molecule has 11 nitrogen and oxygen atoms in total. The van der Waals surface area contributed by atoms with Crippen LogP contribution in [0, 0.1) is 0 Å². The molecule has 0 aliphatic heterocycles. The molecule has 0 bridgehead atoms. The maximum Gasteiger partial charge on any atom is 0.349 e. The molecule has 0 unspecified atom stereocenters. The van der Waals surface area contributed by atoms with Crippen LogP contribution in [-0.4, -0.2) is 45.5 Å². The van der Waals surface area contributed by atoms with Crippen LogP contribution >= 0.6 is 23.2 Å². The van der Waals surface area contributed by atoms with Crippen molar-refractivity contribution in [2.24, 2.45) is 0 Å². The lowest BCUT2D eigenvalue weighted by Gasteiger charge is -2.31. The number of rotatable bonds is 7. The summed E-state index contributed by atoms with van der Waals surface area (Å²) in [4.78, 5) is 24.7. The molecule has 2 aromatic carbocycles. The van der Waals surface area contributed by atoms with E-state index in [0.717, 1.165) is 24.3 Å². The van der Waals surface area contributed by atoms with E-state index in [9.17, 15) is 37.0 Å². The number of aliphatic hydroxyl groups excluding tert-OH is 1. The van der Waals surface area contributed by atoms with E-state index >= 15 is 0 Å². The first-order valence-corrected chi connectivity index (χ1v) is 12.2. The Bertz CT molecular complexity index is 1590. The zero-order valence-corrected chi connectivity index (χ0v) is 20.0. The minimum absolute atomic E-state index is 0.132. The van der Waals surface area contributed by atoms with E-state index in [1.54, 1.807) is 4.98 Å². The Labute approximate surface area is 212 Å². The molecule has 36 heavy (non-hydrogen) atoms. The molecule has 4 rings (SSSR count). The fraction of sp³-hybridized carbons (Fsp3) is 0.250. The van der Waals surface area contributed by atoms with Gasteiger partial charge in [-0.3, -0.25) is 9.78 Å². The van der Waals surface area contributed by atoms with Gasteiger partial charge in [-0.25, -0.2) is 26.7 Å². The van der Waals surface area contributed by atoms with Crippen LogP contribution in [0.2, 0.25) is 10.0 Å². The monoisotopic (exact) mass is 565 g/mol. The van der Waals surface area contributed by atoms with Crippen LogP contribution in [-0.2, 0) is 10.0 Å². The van der Waals surface area contributed by atoms with Gasteiger partial charge in [0, 0.05) is 13.5 Å². The molecule has 0 atom stereocenters. The SMILES string of the molecule is [2H]C1(NS(=O)(=O)c2cc(Oc3c(Cl)cc(-n4nc(C(F)F)c(=O)[nH]c4=O)cc3Cl)ccc2O)CC(O)C1. The number of nitrogens with zero attached hydrogens (tertiary/aromatic N) is 2. The fourth-order valence-electron chi connectivity index (χ4n) is 3.23. The third-order valence-corrected chi connectivity index (χ3v) is 7.00. The minimum atomic E-state index is -4.41. The number of hydrogen-bond donors (Lipinski definition) is 4. The van der Waals surface area contributed by atoms with Crippen molar-refractivity contribution >= 4 is 33.2 Å². The molecule has 1 saturated carbocycles. The van der Waals surface area contributed by atoms with Gasteiger partial charge in [-0.15, -0.1) is 0 Å². The minimum Gasteiger partial charge on any atom is -0.507 e. The Kier molecular flexibility index (Phi) is 6.70. The molecule has 4 N–H and O–H groups in total. The summed E-state index contributed by atoms with van der Waals surface area (Å²) < 4.78 is 67.7. The van der Waals surface area contributed by atoms with E-state index in [2.05, 4.69) is 9.82 Å². The number of hydrogen-bond acceptors (Lipinski definition) is 8. The second-order valence-electron chi connectivity index (χ2n) is 7.60. The molecule has 3 aromatic rings. The van der Waals surface area contributed by atoms with Crippen molar-refractivity contribution in [2.75, 3.05) is 0 Å². The van der Waals surface area contributed by atoms with E-state index in [-0.39, 0.29) is 40.1 Å². The molecule has 1 aliphatic rings. The van der Waals surface area contributed by atoms with E-state index in [0.29, 0.717) is 4.68 Å². The molecule has 16 heteroatoms. The predicted molar refractivity (Wildman–Crippen MR) is 123 cm³/mol. The van der Waals surface area contributed by atoms with Crippen molar-refractivity contribution in [1.82, 2.24) is 19.5 Å². The lowest BCUT2D eigenvalue weighted by molar-refractivity contribution is 0.0712. The lowest BCUT2D eigenvalue weighted by Crippen LogP contribution is -2.46. The lowest BCUT2D eigenvalue weighted by atomic mass is 9.91. The van der Waals surface area contributed by atoms with Gasteiger partial charge in [0.15, 0.2) is 11.4 Å². The molecule has 1 aliphatic carbocycles. The number of phenols is 1. The molecule has 192 valence electrons. The van der Waals surface area contributed by atoms with Crippen LogP contribution < -0.4 is 20.7 Å². The van der Waals surface area contributed by atoms with Gasteiger partial charge >= 0.3 is 5.69 Å². The maximum absolute atomic E-state index is 13.0. The second-order valence-corrected chi connectivity index (χ2v) is 10.1. The summed E-state index contributed by atoms with van der Waals surface area (Å²) in [6.07, 6.45) is -4.35. The van der Waals surface area contributed by atoms with E-state index in [1.165, 1.54) is 6.07 Å². The quantitative estimate of drug-likeness (QED) is 0.339. The summed E-state index contributed by atoms with van der Waals surface area (Å²) >= 11 is 12.4. The normalized spacial score (nSPS) is 20.2. The Hall–Kier alpha value is -3.04. The molecule has 0 amide bonds. The number of nitrogens with one attached hydrogen (secondary N) is 2. The highest BCUT2D eigenvalue weighted by Crippen LogP contribution is 2.39. The van der Waals surface area contributed by atoms with Gasteiger partial charge in [0.2, 0.25) is 10.0 Å². The number of ether oxygens (including phenoxy) is 1. The van der Waals surface area contributed by atoms with Gasteiger partial charge in [-0.1, -0.05) is 23.2 Å². The molecule has 0 radical (unpaired) electrons. The summed E-state index contributed by atoms with van der Waals surface area (Å²) in [6, 6.07) is 3.68. The van der Waals surface area contributed by atoms with Gasteiger partial charge < -0.3 is 14.9 Å². The van der Waals surface area contributed by atoms with E-state index in [4.69, 9.17) is 29.3 Å². The number of H-pyrrole nitrogens is 1. The van der Waals surface area contributed by atoms with Crippen molar-refractivity contribution in [3.63, 3.8) is 0 Å². The summed E-state index contributed by atoms with van der Waals surface area (Å²) in [5, 5.41) is 22.4. The Morgan fingerprint density at radius 1 is 1.22 bits per heavy atom. The average molecular weight is 566 g/mol. The molecular weight excluding hydrogens is 549 g/mol. The van der Waals surface area contributed by atoms with E-state index < -0.39 is 56.2 Å². The third kappa shape index (κ3) is 5.22. The zero-order valence-electron chi connectivity index (χ0n) is 18.7. The number of aliphatic hydroxyl groups is 1. The molecular formula is C20H16Cl2F2N4O7S. The number of aromatic hydroxyl groups is 1. The van der Waals surface area contributed by atoms with Crippen LogP contribution in [0.5, 0.6) is 17.2 Å². The summed E-state index contributed by atoms with van der Waals surface area (Å²) in [7, 11) is -4.41. The fourth-order valence-corrected chi connectivity index (χ4v) is 5.05. The zero-order chi connectivity index (χ0) is 27.3. The van der Waals surface area contributed by atoms with Gasteiger partial charge in [0.1, 0.15) is 16.4 Å². The number of alkyl halides is 2. The van der Waals surface area contributed by atoms with Gasteiger partial charge in [-0.2, -0.15) is 9.78 Å². The van der Waals surface area contributed by atoms with Crippen molar-refractivity contribution in [2.45, 2.75) is 36.3 Å². The van der Waals surface area contributed by atoms with Crippen LogP contribution in [0.3, 0.4) is 0 Å². The number of phenolic OH excluding ortho intramolecular Hbond substituents is 1. The number of halogens is 4. The largest absolute Gasteiger partial charge is 0.507 e. The van der Waals surface area contributed by atoms with E-state index in [1.807, 2.05) is 0 Å². The molecule has 0 saturated heterocycles. The topological polar surface area (TPSA) is 164 Å². The van der Waals surface area contributed by atoms with Crippen LogP contribution in [0.25, 0.3) is 5.69 Å². The highest BCUT2D eigenvalue weighted by atomic mass is 35.5. The number of benzene rings is 2. The molecule has 1 fully saturated rings. The van der Waals surface area contributed by atoms with Gasteiger partial charge in [0.05, 0.1) is 21.8 Å². The van der Waals surface area contributed by atoms with Crippen molar-refractivity contribution in [3.05, 3.63) is 66.9 Å². The molecule has 1 heterocycles. The van der Waals surface area contributed by atoms with Crippen LogP contribution in [0.4, 0.5) is 8.78 Å². The average Bonchev–Trinajstić information content (AvgIpc) is 2.75. The first-order chi connectivity index (χ1) is 17.2. The van der Waals surface area contributed by atoms with Crippen LogP contribution in [0.15, 0.2) is 44.8 Å². The standard InChI is InChI=1S/C20H16Cl2F2N4O7S/c21-12-5-9(28-20(32)25-19(31)16(26-28)18(23)24)6-13(22)17(12)35-11-1-2-14(30)15(7-11)36(33,34)27-8-3-10(29)4-8/h1-2,5-8,10,18,27,29-30H,3-4H2,(H,25,31,32)/i8D. The van der Waals surface area contributed by atoms with Gasteiger partial charge in [0.25, 0.3) is 12.0 Å². The summed E-state index contributed by atoms with van der Waals surface area (Å²) in [5.41, 5.74) is -3.88. The van der Waals surface area contributed by atoms with Crippen molar-refractivity contribution in [3.8, 4) is 22.9 Å². The summed E-state index contributed by atoms with van der Waals surface area (Å²) in [6.45, 7) is 0. The number of sulfonamides is 1. The first kappa shape index (κ1) is 24.6. The third-order valence-electron chi connectivity index (χ3n) is 4.97. The van der Waals surface area contributed by atoms with Crippen LogP contribution in [0.1, 0.15) is 26.3 Å². The maximum atomic E-state index is 13.0. The molecule has 1 aromatic heterocycles. The van der Waals surface area contributed by atoms with Gasteiger partial charge in [-0.05, 0) is 37.1 Å². The highest BCUT2D eigenvalue weighted by Gasteiger charge is 2.32. The number of aromatic nitrogens is 3. The Balaban J connectivity index is 1.66. The summed E-state index contributed by atoms with van der Waals surface area (Å²) in [5.74, 6) is -1.02. The second kappa shape index (κ2) is 9.78. The Morgan fingerprint density at radius 3 is 2.44 bits per heavy atom. The van der Waals surface area contributed by atoms with Crippen molar-refractivity contribution < 1.29 is 33.5 Å². The van der Waals surface area contributed by atoms with Crippen molar-refractivity contribution in [1.29, 1.82) is 0 Å². The number of aromatic amines is 1. The smallest absolute Gasteiger partial charge is 0.349 e. The first-order valence-electron chi connectivity index (χ1n) is 10.4. The predicted octanol–water partition coefficient (Wildman–Crippen LogP) is 2.46.